The van der Waals surface area contributed by atoms with Gasteiger partial charge in [0.1, 0.15) is 0 Å². The number of hydrogen-bond acceptors (Lipinski definition) is 3. The smallest absolute Gasteiger partial charge is 0.303 e. The summed E-state index contributed by atoms with van der Waals surface area (Å²) in [7, 11) is 0. The molecule has 0 bridgehead atoms. The number of Topliss-reactive ketones (excluding diaryl/α,β-unsaturated/α-hetero) is 1. The Labute approximate surface area is 103 Å². The Morgan fingerprint density at radius 2 is 1.94 bits per heavy atom. The summed E-state index contributed by atoms with van der Waals surface area (Å²) in [5, 5.41) is 0. The Balaban J connectivity index is 4.37. The van der Waals surface area contributed by atoms with Gasteiger partial charge in [0.2, 0.25) is 0 Å². The van der Waals surface area contributed by atoms with Crippen molar-refractivity contribution < 1.29 is 14.3 Å². The zero-order chi connectivity index (χ0) is 13.1. The van der Waals surface area contributed by atoms with Gasteiger partial charge in [0, 0.05) is 6.92 Å². The number of rotatable bonds is 7. The van der Waals surface area contributed by atoms with E-state index in [1.807, 2.05) is 44.2 Å². The van der Waals surface area contributed by atoms with Crippen LogP contribution in [0.4, 0.5) is 0 Å². The van der Waals surface area contributed by atoms with Crippen molar-refractivity contribution in [1.29, 1.82) is 0 Å². The van der Waals surface area contributed by atoms with Crippen molar-refractivity contribution >= 4 is 11.8 Å². The Hall–Kier alpha value is -1.64. The van der Waals surface area contributed by atoms with E-state index in [-0.39, 0.29) is 12.4 Å². The van der Waals surface area contributed by atoms with Gasteiger partial charge in [0.15, 0.2) is 12.4 Å². The second-order valence-electron chi connectivity index (χ2n) is 3.50. The van der Waals surface area contributed by atoms with Crippen LogP contribution in [0.5, 0.6) is 0 Å². The SMILES string of the molecule is CC=C/C=C/C/C(=C\CC)C(=O)COC(C)=O. The first-order valence-electron chi connectivity index (χ1n) is 5.75. The standard InChI is InChI=1S/C14H20O3/c1-4-6-7-8-10-13(9-5-2)14(16)11-17-12(3)15/h4,6-9H,5,10-11H2,1-3H3/b6-4?,8-7+,13-9+. The van der Waals surface area contributed by atoms with Crippen molar-refractivity contribution in [2.24, 2.45) is 0 Å². The van der Waals surface area contributed by atoms with Gasteiger partial charge in [0.25, 0.3) is 0 Å². The topological polar surface area (TPSA) is 43.4 Å². The van der Waals surface area contributed by atoms with Crippen LogP contribution in [0.1, 0.15) is 33.6 Å². The second kappa shape index (κ2) is 9.58. The predicted octanol–water partition coefficient (Wildman–Crippen LogP) is 2.98. The molecule has 3 heteroatoms. The van der Waals surface area contributed by atoms with Gasteiger partial charge in [-0.3, -0.25) is 9.59 Å². The third-order valence-electron chi connectivity index (χ3n) is 1.99. The van der Waals surface area contributed by atoms with Crippen molar-refractivity contribution in [3.63, 3.8) is 0 Å². The van der Waals surface area contributed by atoms with Gasteiger partial charge in [-0.15, -0.1) is 0 Å². The summed E-state index contributed by atoms with van der Waals surface area (Å²) in [6.45, 7) is 5.02. The number of ether oxygens (including phenoxy) is 1. The number of esters is 1. The lowest BCUT2D eigenvalue weighted by molar-refractivity contribution is -0.144. The second-order valence-corrected chi connectivity index (χ2v) is 3.50. The molecule has 0 aliphatic heterocycles. The Morgan fingerprint density at radius 1 is 1.24 bits per heavy atom. The molecule has 0 aromatic carbocycles. The zero-order valence-corrected chi connectivity index (χ0v) is 10.7. The van der Waals surface area contributed by atoms with Gasteiger partial charge >= 0.3 is 5.97 Å². The molecule has 0 atom stereocenters. The maximum Gasteiger partial charge on any atom is 0.303 e. The summed E-state index contributed by atoms with van der Waals surface area (Å²) in [5.74, 6) is -0.564. The zero-order valence-electron chi connectivity index (χ0n) is 10.7. The number of allylic oxidation sites excluding steroid dienone is 5. The molecular formula is C14H20O3. The van der Waals surface area contributed by atoms with Crippen LogP contribution in [-0.2, 0) is 14.3 Å². The predicted molar refractivity (Wildman–Crippen MR) is 68.6 cm³/mol. The van der Waals surface area contributed by atoms with Crippen LogP contribution in [0.15, 0.2) is 36.0 Å². The number of carbonyl (C=O) groups excluding carboxylic acids is 2. The van der Waals surface area contributed by atoms with E-state index in [0.717, 1.165) is 6.42 Å². The van der Waals surface area contributed by atoms with Gasteiger partial charge in [0.05, 0.1) is 0 Å². The molecule has 0 aliphatic carbocycles. The molecule has 0 fully saturated rings. The summed E-state index contributed by atoms with van der Waals surface area (Å²) < 4.78 is 4.69. The van der Waals surface area contributed by atoms with Crippen LogP contribution in [0.2, 0.25) is 0 Å². The molecule has 0 amide bonds. The highest BCUT2D eigenvalue weighted by atomic mass is 16.5. The molecule has 0 aromatic heterocycles. The molecule has 0 unspecified atom stereocenters. The minimum atomic E-state index is -0.432. The maximum atomic E-state index is 11.7. The van der Waals surface area contributed by atoms with Crippen LogP contribution >= 0.6 is 0 Å². The first-order valence-corrected chi connectivity index (χ1v) is 5.75. The molecule has 0 aliphatic rings. The molecule has 0 rings (SSSR count). The lowest BCUT2D eigenvalue weighted by atomic mass is 10.1. The fraction of sp³-hybridized carbons (Fsp3) is 0.429. The molecule has 0 radical (unpaired) electrons. The van der Waals surface area contributed by atoms with E-state index in [2.05, 4.69) is 0 Å². The average Bonchev–Trinajstić information content (AvgIpc) is 2.30. The number of ketones is 1. The number of hydrogen-bond donors (Lipinski definition) is 0. The lowest BCUT2D eigenvalue weighted by Crippen LogP contribution is -2.13. The number of carbonyl (C=O) groups is 2. The first kappa shape index (κ1) is 15.4. The molecule has 0 N–H and O–H groups in total. The monoisotopic (exact) mass is 236 g/mol. The molecule has 3 nitrogen and oxygen atoms in total. The summed E-state index contributed by atoms with van der Waals surface area (Å²) in [5.41, 5.74) is 0.689. The van der Waals surface area contributed by atoms with E-state index in [1.165, 1.54) is 6.92 Å². The molecular weight excluding hydrogens is 216 g/mol. The fourth-order valence-electron chi connectivity index (χ4n) is 1.20. The summed E-state index contributed by atoms with van der Waals surface area (Å²) >= 11 is 0. The van der Waals surface area contributed by atoms with Crippen LogP contribution in [0.3, 0.4) is 0 Å². The molecule has 0 saturated heterocycles. The average molecular weight is 236 g/mol. The van der Waals surface area contributed by atoms with Crippen LogP contribution in [-0.4, -0.2) is 18.4 Å². The summed E-state index contributed by atoms with van der Waals surface area (Å²) in [6.07, 6.45) is 10.8. The maximum absolute atomic E-state index is 11.7. The van der Waals surface area contributed by atoms with Gasteiger partial charge in [-0.1, -0.05) is 37.3 Å². The van der Waals surface area contributed by atoms with Crippen molar-refractivity contribution in [2.45, 2.75) is 33.6 Å². The molecule has 17 heavy (non-hydrogen) atoms. The largest absolute Gasteiger partial charge is 0.457 e. The normalized spacial score (nSPS) is 12.3. The van der Waals surface area contributed by atoms with E-state index in [9.17, 15) is 9.59 Å². The third kappa shape index (κ3) is 8.20. The summed E-state index contributed by atoms with van der Waals surface area (Å²) in [6, 6.07) is 0. The van der Waals surface area contributed by atoms with Crippen LogP contribution in [0.25, 0.3) is 0 Å². The van der Waals surface area contributed by atoms with E-state index in [4.69, 9.17) is 4.74 Å². The Bertz CT molecular complexity index is 335. The van der Waals surface area contributed by atoms with Gasteiger partial charge < -0.3 is 4.74 Å². The molecule has 0 spiro atoms. The van der Waals surface area contributed by atoms with Crippen LogP contribution < -0.4 is 0 Å². The molecule has 0 saturated carbocycles. The highest BCUT2D eigenvalue weighted by Crippen LogP contribution is 2.06. The van der Waals surface area contributed by atoms with Crippen molar-refractivity contribution in [2.75, 3.05) is 6.61 Å². The van der Waals surface area contributed by atoms with E-state index < -0.39 is 5.97 Å². The molecule has 0 aromatic rings. The third-order valence-corrected chi connectivity index (χ3v) is 1.99. The van der Waals surface area contributed by atoms with Gasteiger partial charge in [-0.05, 0) is 25.3 Å². The minimum absolute atomic E-state index is 0.132. The Morgan fingerprint density at radius 3 is 2.47 bits per heavy atom. The fourth-order valence-corrected chi connectivity index (χ4v) is 1.20. The minimum Gasteiger partial charge on any atom is -0.457 e. The van der Waals surface area contributed by atoms with Crippen molar-refractivity contribution in [1.82, 2.24) is 0 Å². The van der Waals surface area contributed by atoms with Crippen LogP contribution in [0, 0.1) is 0 Å². The van der Waals surface area contributed by atoms with E-state index in [1.54, 1.807) is 0 Å². The Kier molecular flexibility index (Phi) is 8.65. The highest BCUT2D eigenvalue weighted by Gasteiger charge is 2.09. The molecule has 94 valence electrons. The van der Waals surface area contributed by atoms with Gasteiger partial charge in [-0.25, -0.2) is 0 Å². The lowest BCUT2D eigenvalue weighted by Gasteiger charge is -2.04. The highest BCUT2D eigenvalue weighted by molar-refractivity contribution is 5.97. The quantitative estimate of drug-likeness (QED) is 0.388. The first-order chi connectivity index (χ1) is 8.11. The van der Waals surface area contributed by atoms with Gasteiger partial charge in [-0.2, -0.15) is 0 Å². The van der Waals surface area contributed by atoms with E-state index in [0.29, 0.717) is 12.0 Å². The summed E-state index contributed by atoms with van der Waals surface area (Å²) in [4.78, 5) is 22.3. The van der Waals surface area contributed by atoms with Crippen molar-refractivity contribution in [3.05, 3.63) is 36.0 Å². The molecule has 0 heterocycles. The van der Waals surface area contributed by atoms with Crippen molar-refractivity contribution in [3.8, 4) is 0 Å². The van der Waals surface area contributed by atoms with E-state index >= 15 is 0 Å².